The number of aromatic nitrogens is 2. The lowest BCUT2D eigenvalue weighted by molar-refractivity contribution is 0.415. The van der Waals surface area contributed by atoms with E-state index < -0.39 is 0 Å². The molecule has 0 amide bonds. The van der Waals surface area contributed by atoms with E-state index in [0.717, 1.165) is 34.0 Å². The minimum absolute atomic E-state index is 0.192. The molecule has 8 heteroatoms. The zero-order valence-electron chi connectivity index (χ0n) is 19.6. The van der Waals surface area contributed by atoms with Crippen molar-refractivity contribution in [3.63, 3.8) is 0 Å². The van der Waals surface area contributed by atoms with E-state index in [9.17, 15) is 5.11 Å². The van der Waals surface area contributed by atoms with Crippen LogP contribution in [-0.4, -0.2) is 26.9 Å². The van der Waals surface area contributed by atoms with Gasteiger partial charge in [0, 0.05) is 23.3 Å². The fourth-order valence-corrected chi connectivity index (χ4v) is 5.46. The van der Waals surface area contributed by atoms with Crippen LogP contribution in [0.25, 0.3) is 5.69 Å². The molecule has 178 valence electrons. The van der Waals surface area contributed by atoms with Crippen LogP contribution in [0.5, 0.6) is 11.5 Å². The molecule has 0 saturated carbocycles. The normalized spacial score (nSPS) is 17.5. The first-order valence-electron chi connectivity index (χ1n) is 11.2. The van der Waals surface area contributed by atoms with Crippen molar-refractivity contribution in [1.29, 1.82) is 0 Å². The highest BCUT2D eigenvalue weighted by atomic mass is 35.5. The standard InChI is InChI=1S/C27H25ClN4O2S/c1-16-14-19(17(2)31(16)22-9-4-5-10-23(22)33)26-25(21-8-6-7-13-29-21)30-27(35)32(26)18-11-12-24(34-3)20(28)15-18/h4-15,25-26,33H,1-3H3,(H,30,35)/t25-,26+/m1/s1. The summed E-state index contributed by atoms with van der Waals surface area (Å²) < 4.78 is 7.42. The van der Waals surface area contributed by atoms with E-state index in [-0.39, 0.29) is 17.8 Å². The molecular formula is C27H25ClN4O2S. The highest BCUT2D eigenvalue weighted by Crippen LogP contribution is 2.45. The molecule has 3 heterocycles. The number of phenolic OH excluding ortho intramolecular Hbond substituents is 1. The number of benzene rings is 2. The first-order valence-corrected chi connectivity index (χ1v) is 12.0. The van der Waals surface area contributed by atoms with Gasteiger partial charge in [0.25, 0.3) is 0 Å². The van der Waals surface area contributed by atoms with Gasteiger partial charge >= 0.3 is 0 Å². The van der Waals surface area contributed by atoms with Gasteiger partial charge < -0.3 is 24.6 Å². The average molecular weight is 505 g/mol. The third-order valence-electron chi connectivity index (χ3n) is 6.42. The number of aryl methyl sites for hydroxylation is 1. The Bertz CT molecular complexity index is 1410. The number of methoxy groups -OCH3 is 1. The number of para-hydroxylation sites is 2. The molecule has 2 aromatic heterocycles. The number of nitrogens with one attached hydrogen (secondary N) is 1. The lowest BCUT2D eigenvalue weighted by atomic mass is 9.96. The van der Waals surface area contributed by atoms with Crippen molar-refractivity contribution in [2.75, 3.05) is 12.0 Å². The molecular weight excluding hydrogens is 480 g/mol. The number of aromatic hydroxyl groups is 1. The number of hydrogen-bond acceptors (Lipinski definition) is 4. The summed E-state index contributed by atoms with van der Waals surface area (Å²) in [5.74, 6) is 0.824. The molecule has 1 aliphatic heterocycles. The lowest BCUT2D eigenvalue weighted by Gasteiger charge is -2.28. The Hall–Kier alpha value is -3.55. The van der Waals surface area contributed by atoms with E-state index in [1.165, 1.54) is 0 Å². The molecule has 2 aromatic carbocycles. The number of thiocarbonyl (C=S) groups is 1. The smallest absolute Gasteiger partial charge is 0.174 e. The van der Waals surface area contributed by atoms with Crippen LogP contribution in [0.15, 0.2) is 72.9 Å². The van der Waals surface area contributed by atoms with Gasteiger partial charge in [0.1, 0.15) is 11.5 Å². The van der Waals surface area contributed by atoms with Crippen LogP contribution in [-0.2, 0) is 0 Å². The maximum absolute atomic E-state index is 10.6. The van der Waals surface area contributed by atoms with Gasteiger partial charge in [-0.1, -0.05) is 29.8 Å². The monoisotopic (exact) mass is 504 g/mol. The summed E-state index contributed by atoms with van der Waals surface area (Å²) in [4.78, 5) is 6.71. The predicted octanol–water partition coefficient (Wildman–Crippen LogP) is 6.03. The Kier molecular flexibility index (Phi) is 6.13. The second-order valence-electron chi connectivity index (χ2n) is 8.47. The molecule has 1 aliphatic rings. The quantitative estimate of drug-likeness (QED) is 0.323. The first-order chi connectivity index (χ1) is 16.9. The maximum atomic E-state index is 10.6. The van der Waals surface area contributed by atoms with Gasteiger partial charge in [-0.25, -0.2) is 0 Å². The fraction of sp³-hybridized carbons (Fsp3) is 0.185. The van der Waals surface area contributed by atoms with Gasteiger partial charge in [0.15, 0.2) is 5.11 Å². The highest BCUT2D eigenvalue weighted by Gasteiger charge is 2.42. The summed E-state index contributed by atoms with van der Waals surface area (Å²) in [6.45, 7) is 4.10. The molecule has 1 fully saturated rings. The van der Waals surface area contributed by atoms with Gasteiger partial charge in [-0.2, -0.15) is 0 Å². The number of ether oxygens (including phenoxy) is 1. The summed E-state index contributed by atoms with van der Waals surface area (Å²) >= 11 is 12.3. The molecule has 0 spiro atoms. The second kappa shape index (κ2) is 9.24. The Morgan fingerprint density at radius 2 is 1.83 bits per heavy atom. The summed E-state index contributed by atoms with van der Waals surface area (Å²) in [5.41, 5.74) is 5.55. The Morgan fingerprint density at radius 3 is 2.51 bits per heavy atom. The van der Waals surface area contributed by atoms with E-state index in [2.05, 4.69) is 32.8 Å². The topological polar surface area (TPSA) is 62.5 Å². The third-order valence-corrected chi connectivity index (χ3v) is 7.03. The third kappa shape index (κ3) is 4.00. The molecule has 35 heavy (non-hydrogen) atoms. The molecule has 2 atom stereocenters. The number of anilines is 1. The SMILES string of the molecule is COc1ccc(N2C(=S)N[C@H](c3ccccn3)[C@@H]2c2cc(C)n(-c3ccccc3O)c2C)cc1Cl. The second-order valence-corrected chi connectivity index (χ2v) is 9.26. The largest absolute Gasteiger partial charge is 0.506 e. The molecule has 5 rings (SSSR count). The molecule has 0 aliphatic carbocycles. The van der Waals surface area contributed by atoms with E-state index >= 15 is 0 Å². The predicted molar refractivity (Wildman–Crippen MR) is 143 cm³/mol. The van der Waals surface area contributed by atoms with Crippen molar-refractivity contribution >= 4 is 34.6 Å². The summed E-state index contributed by atoms with van der Waals surface area (Å²) in [7, 11) is 1.59. The molecule has 4 aromatic rings. The number of pyridine rings is 1. The Labute approximate surface area is 214 Å². The van der Waals surface area contributed by atoms with Crippen molar-refractivity contribution < 1.29 is 9.84 Å². The lowest BCUT2D eigenvalue weighted by Crippen LogP contribution is -2.29. The molecule has 2 N–H and O–H groups in total. The molecule has 0 bridgehead atoms. The van der Waals surface area contributed by atoms with Gasteiger partial charge in [0.2, 0.25) is 0 Å². The van der Waals surface area contributed by atoms with Crippen LogP contribution >= 0.6 is 23.8 Å². The van der Waals surface area contributed by atoms with Crippen molar-refractivity contribution in [3.8, 4) is 17.2 Å². The van der Waals surface area contributed by atoms with Crippen molar-refractivity contribution in [3.05, 3.63) is 101 Å². The minimum Gasteiger partial charge on any atom is -0.506 e. The van der Waals surface area contributed by atoms with Crippen molar-refractivity contribution in [2.45, 2.75) is 25.9 Å². The average Bonchev–Trinajstić information content (AvgIpc) is 3.35. The Morgan fingerprint density at radius 1 is 1.06 bits per heavy atom. The zero-order valence-corrected chi connectivity index (χ0v) is 21.1. The van der Waals surface area contributed by atoms with Crippen LogP contribution in [0, 0.1) is 13.8 Å². The van der Waals surface area contributed by atoms with Crippen LogP contribution in [0.4, 0.5) is 5.69 Å². The van der Waals surface area contributed by atoms with Gasteiger partial charge in [-0.3, -0.25) is 4.98 Å². The van der Waals surface area contributed by atoms with E-state index in [0.29, 0.717) is 15.9 Å². The van der Waals surface area contributed by atoms with Crippen LogP contribution in [0.1, 0.15) is 34.7 Å². The number of halogens is 1. The van der Waals surface area contributed by atoms with E-state index in [4.69, 9.17) is 28.6 Å². The maximum Gasteiger partial charge on any atom is 0.174 e. The Balaban J connectivity index is 1.69. The number of phenols is 1. The molecule has 1 saturated heterocycles. The zero-order chi connectivity index (χ0) is 24.7. The van der Waals surface area contributed by atoms with Gasteiger partial charge in [-0.05, 0) is 80.2 Å². The minimum atomic E-state index is -0.201. The van der Waals surface area contributed by atoms with E-state index in [1.807, 2.05) is 61.5 Å². The van der Waals surface area contributed by atoms with Crippen LogP contribution < -0.4 is 15.0 Å². The number of hydrogen-bond donors (Lipinski definition) is 2. The van der Waals surface area contributed by atoms with Crippen LogP contribution in [0.2, 0.25) is 5.02 Å². The molecule has 0 radical (unpaired) electrons. The highest BCUT2D eigenvalue weighted by molar-refractivity contribution is 7.80. The van der Waals surface area contributed by atoms with E-state index in [1.54, 1.807) is 19.4 Å². The summed E-state index contributed by atoms with van der Waals surface area (Å²) in [6.07, 6.45) is 1.79. The number of nitrogens with zero attached hydrogens (tertiary/aromatic N) is 3. The van der Waals surface area contributed by atoms with Crippen LogP contribution in [0.3, 0.4) is 0 Å². The van der Waals surface area contributed by atoms with Crippen molar-refractivity contribution in [1.82, 2.24) is 14.9 Å². The summed E-state index contributed by atoms with van der Waals surface area (Å²) in [6, 6.07) is 20.6. The molecule has 6 nitrogen and oxygen atoms in total. The van der Waals surface area contributed by atoms with Gasteiger partial charge in [0.05, 0.1) is 35.6 Å². The van der Waals surface area contributed by atoms with Gasteiger partial charge in [-0.15, -0.1) is 0 Å². The van der Waals surface area contributed by atoms with Crippen molar-refractivity contribution in [2.24, 2.45) is 0 Å². The summed E-state index contributed by atoms with van der Waals surface area (Å²) in [5, 5.41) is 15.1. The molecule has 0 unspecified atom stereocenters. The first kappa shape index (κ1) is 23.2. The number of rotatable bonds is 5. The fourth-order valence-electron chi connectivity index (χ4n) is 4.87.